The molecular weight excluding hydrogens is 146 g/mol. The molecule has 0 aromatic heterocycles. The van der Waals surface area contributed by atoms with E-state index in [0.717, 1.165) is 5.69 Å². The van der Waals surface area contributed by atoms with Crippen molar-refractivity contribution in [2.45, 2.75) is 33.6 Å². The minimum Gasteiger partial charge on any atom is -0.399 e. The molecule has 1 rings (SSSR count). The Bertz CT molecular complexity index is 213. The molecule has 0 amide bonds. The van der Waals surface area contributed by atoms with E-state index in [-0.39, 0.29) is 7.43 Å². The molecule has 0 aliphatic heterocycles. The highest BCUT2D eigenvalue weighted by Gasteiger charge is 2.00. The molecule has 0 bridgehead atoms. The molecular formula is C11H19N. The summed E-state index contributed by atoms with van der Waals surface area (Å²) in [6.07, 6.45) is 1.18. The summed E-state index contributed by atoms with van der Waals surface area (Å²) >= 11 is 0. The van der Waals surface area contributed by atoms with Gasteiger partial charge >= 0.3 is 0 Å². The fourth-order valence-electron chi connectivity index (χ4n) is 1.06. The zero-order valence-corrected chi connectivity index (χ0v) is 7.17. The van der Waals surface area contributed by atoms with Crippen LogP contribution in [0, 0.1) is 0 Å². The van der Waals surface area contributed by atoms with E-state index in [9.17, 15) is 0 Å². The summed E-state index contributed by atoms with van der Waals surface area (Å²) in [5.74, 6) is 0.649. The molecule has 1 nitrogen and oxygen atoms in total. The van der Waals surface area contributed by atoms with Gasteiger partial charge in [-0.25, -0.2) is 0 Å². The van der Waals surface area contributed by atoms with Crippen molar-refractivity contribution in [2.24, 2.45) is 0 Å². The quantitative estimate of drug-likeness (QED) is 0.668. The van der Waals surface area contributed by atoms with Crippen LogP contribution in [0.2, 0.25) is 0 Å². The van der Waals surface area contributed by atoms with Crippen molar-refractivity contribution in [3.8, 4) is 0 Å². The number of anilines is 1. The second kappa shape index (κ2) is 4.81. The average molecular weight is 165 g/mol. The molecule has 0 saturated heterocycles. The predicted molar refractivity (Wildman–Crippen MR) is 56.3 cm³/mol. The molecule has 0 radical (unpaired) electrons. The van der Waals surface area contributed by atoms with Crippen LogP contribution < -0.4 is 5.73 Å². The molecule has 1 unspecified atom stereocenters. The summed E-state index contributed by atoms with van der Waals surface area (Å²) < 4.78 is 0. The maximum absolute atomic E-state index is 5.57. The molecule has 0 heterocycles. The van der Waals surface area contributed by atoms with Crippen molar-refractivity contribution in [1.29, 1.82) is 0 Å². The molecule has 0 fully saturated rings. The van der Waals surface area contributed by atoms with Crippen LogP contribution in [0.4, 0.5) is 5.69 Å². The minimum atomic E-state index is 0. The summed E-state index contributed by atoms with van der Waals surface area (Å²) in [5.41, 5.74) is 7.79. The lowest BCUT2D eigenvalue weighted by Crippen LogP contribution is -1.91. The summed E-state index contributed by atoms with van der Waals surface area (Å²) in [7, 11) is 0. The first-order chi connectivity index (χ1) is 5.24. The number of nitrogen functional groups attached to an aromatic ring is 1. The van der Waals surface area contributed by atoms with E-state index in [1.54, 1.807) is 0 Å². The Kier molecular flexibility index (Phi) is 4.42. The standard InChI is InChI=1S/C10H15N.CH4/c1-3-8(2)9-4-6-10(11)7-5-9;/h4-8H,3,11H2,1-2H3;1H4. The second-order valence-electron chi connectivity index (χ2n) is 2.98. The van der Waals surface area contributed by atoms with E-state index in [1.165, 1.54) is 12.0 Å². The fraction of sp³-hybridized carbons (Fsp3) is 0.455. The normalized spacial score (nSPS) is 11.8. The van der Waals surface area contributed by atoms with Gasteiger partial charge in [-0.2, -0.15) is 0 Å². The Balaban J connectivity index is 0.00000121. The molecule has 68 valence electrons. The Morgan fingerprint density at radius 2 is 1.75 bits per heavy atom. The third-order valence-corrected chi connectivity index (χ3v) is 2.12. The van der Waals surface area contributed by atoms with Crippen molar-refractivity contribution >= 4 is 5.69 Å². The van der Waals surface area contributed by atoms with Gasteiger partial charge < -0.3 is 5.73 Å². The van der Waals surface area contributed by atoms with Gasteiger partial charge in [-0.05, 0) is 30.0 Å². The first-order valence-corrected chi connectivity index (χ1v) is 4.09. The van der Waals surface area contributed by atoms with Crippen LogP contribution in [-0.4, -0.2) is 0 Å². The van der Waals surface area contributed by atoms with Crippen molar-refractivity contribution in [3.05, 3.63) is 29.8 Å². The number of rotatable bonds is 2. The average Bonchev–Trinajstić information content (AvgIpc) is 2.05. The zero-order chi connectivity index (χ0) is 8.27. The van der Waals surface area contributed by atoms with Crippen molar-refractivity contribution in [1.82, 2.24) is 0 Å². The molecule has 0 aliphatic carbocycles. The third kappa shape index (κ3) is 2.57. The van der Waals surface area contributed by atoms with Gasteiger partial charge in [-0.15, -0.1) is 0 Å². The van der Waals surface area contributed by atoms with E-state index in [2.05, 4.69) is 26.0 Å². The molecule has 1 aromatic rings. The highest BCUT2D eigenvalue weighted by atomic mass is 14.5. The first kappa shape index (κ1) is 11.0. The van der Waals surface area contributed by atoms with Crippen LogP contribution in [0.5, 0.6) is 0 Å². The van der Waals surface area contributed by atoms with Gasteiger partial charge in [0.2, 0.25) is 0 Å². The second-order valence-corrected chi connectivity index (χ2v) is 2.98. The van der Waals surface area contributed by atoms with Gasteiger partial charge in [-0.1, -0.05) is 33.4 Å². The van der Waals surface area contributed by atoms with Crippen molar-refractivity contribution in [3.63, 3.8) is 0 Å². The van der Waals surface area contributed by atoms with E-state index in [4.69, 9.17) is 5.73 Å². The number of nitrogens with two attached hydrogens (primary N) is 1. The summed E-state index contributed by atoms with van der Waals surface area (Å²) in [4.78, 5) is 0. The fourth-order valence-corrected chi connectivity index (χ4v) is 1.06. The lowest BCUT2D eigenvalue weighted by Gasteiger charge is -2.07. The molecule has 12 heavy (non-hydrogen) atoms. The third-order valence-electron chi connectivity index (χ3n) is 2.12. The number of hydrogen-bond donors (Lipinski definition) is 1. The molecule has 1 heteroatoms. The molecule has 2 N–H and O–H groups in total. The highest BCUT2D eigenvalue weighted by Crippen LogP contribution is 2.18. The molecule has 0 aliphatic rings. The van der Waals surface area contributed by atoms with E-state index in [0.29, 0.717) is 5.92 Å². The largest absolute Gasteiger partial charge is 0.399 e. The van der Waals surface area contributed by atoms with Crippen molar-refractivity contribution in [2.75, 3.05) is 5.73 Å². The van der Waals surface area contributed by atoms with Crippen LogP contribution >= 0.6 is 0 Å². The first-order valence-electron chi connectivity index (χ1n) is 4.09. The number of hydrogen-bond acceptors (Lipinski definition) is 1. The van der Waals surface area contributed by atoms with Gasteiger partial charge in [-0.3, -0.25) is 0 Å². The van der Waals surface area contributed by atoms with Gasteiger partial charge in [0.15, 0.2) is 0 Å². The van der Waals surface area contributed by atoms with Gasteiger partial charge in [0.05, 0.1) is 0 Å². The smallest absolute Gasteiger partial charge is 0.0314 e. The van der Waals surface area contributed by atoms with E-state index >= 15 is 0 Å². The maximum atomic E-state index is 5.57. The van der Waals surface area contributed by atoms with Crippen LogP contribution in [0.3, 0.4) is 0 Å². The molecule has 1 atom stereocenters. The van der Waals surface area contributed by atoms with Crippen LogP contribution in [0.25, 0.3) is 0 Å². The maximum Gasteiger partial charge on any atom is 0.0314 e. The van der Waals surface area contributed by atoms with Crippen LogP contribution in [0.15, 0.2) is 24.3 Å². The van der Waals surface area contributed by atoms with Crippen LogP contribution in [0.1, 0.15) is 39.2 Å². The monoisotopic (exact) mass is 165 g/mol. The Morgan fingerprint density at radius 1 is 1.25 bits per heavy atom. The van der Waals surface area contributed by atoms with Crippen LogP contribution in [-0.2, 0) is 0 Å². The SMILES string of the molecule is C.CCC(C)c1ccc(N)cc1. The summed E-state index contributed by atoms with van der Waals surface area (Å²) in [5, 5.41) is 0. The van der Waals surface area contributed by atoms with Gasteiger partial charge in [0.25, 0.3) is 0 Å². The van der Waals surface area contributed by atoms with E-state index in [1.807, 2.05) is 12.1 Å². The van der Waals surface area contributed by atoms with E-state index < -0.39 is 0 Å². The zero-order valence-electron chi connectivity index (χ0n) is 7.17. The highest BCUT2D eigenvalue weighted by molar-refractivity contribution is 5.40. The number of benzene rings is 1. The Labute approximate surface area is 75.6 Å². The molecule has 0 spiro atoms. The van der Waals surface area contributed by atoms with Gasteiger partial charge in [0, 0.05) is 5.69 Å². The van der Waals surface area contributed by atoms with Crippen molar-refractivity contribution < 1.29 is 0 Å². The predicted octanol–water partition coefficient (Wildman–Crippen LogP) is 3.42. The van der Waals surface area contributed by atoms with Gasteiger partial charge in [0.1, 0.15) is 0 Å². The minimum absolute atomic E-state index is 0. The molecule has 1 aromatic carbocycles. The summed E-state index contributed by atoms with van der Waals surface area (Å²) in [6, 6.07) is 8.12. The summed E-state index contributed by atoms with van der Waals surface area (Å²) in [6.45, 7) is 4.42. The lowest BCUT2D eigenvalue weighted by molar-refractivity contribution is 0.734. The Hall–Kier alpha value is -0.980. The topological polar surface area (TPSA) is 26.0 Å². The molecule has 0 saturated carbocycles. The lowest BCUT2D eigenvalue weighted by atomic mass is 9.99. The Morgan fingerprint density at radius 3 is 2.17 bits per heavy atom.